The monoisotopic (exact) mass is 748 g/mol. The minimum absolute atomic E-state index is 0.00601. The average Bonchev–Trinajstić information content (AvgIpc) is 3.51. The first-order valence-electron chi connectivity index (χ1n) is 18.0. The molecule has 0 amide bonds. The molecule has 0 spiro atoms. The molecule has 3 heterocycles. The SMILES string of the molecule is CC1CN(C)CCN1c1nc2c(N(Cc3ccc(C(C)(C)C)cc3)Cc3ccc(C(C)(C)C)cc3)cc(C(F)(F)F)cc2[nH]1.OCc1cncc(Cl)c1. The van der Waals surface area contributed by atoms with Gasteiger partial charge in [0.25, 0.3) is 0 Å². The number of H-pyrrole nitrogens is 1. The van der Waals surface area contributed by atoms with Crippen molar-refractivity contribution in [2.75, 3.05) is 36.5 Å². The number of benzene rings is 3. The van der Waals surface area contributed by atoms with Crippen LogP contribution in [0.4, 0.5) is 24.8 Å². The van der Waals surface area contributed by atoms with Crippen molar-refractivity contribution in [2.45, 2.75) is 91.2 Å². The molecule has 6 rings (SSSR count). The summed E-state index contributed by atoms with van der Waals surface area (Å²) in [5.41, 5.74) is 5.97. The summed E-state index contributed by atoms with van der Waals surface area (Å²) in [5.74, 6) is 0.616. The number of piperazine rings is 1. The zero-order valence-corrected chi connectivity index (χ0v) is 32.8. The first-order valence-corrected chi connectivity index (χ1v) is 18.4. The van der Waals surface area contributed by atoms with Gasteiger partial charge in [-0.2, -0.15) is 13.2 Å². The second-order valence-electron chi connectivity index (χ2n) is 16.2. The van der Waals surface area contributed by atoms with Gasteiger partial charge < -0.3 is 24.8 Å². The molecular formula is C42H52ClF3N6O. The van der Waals surface area contributed by atoms with Crippen LogP contribution in [-0.2, 0) is 36.7 Å². The number of rotatable bonds is 7. The minimum atomic E-state index is -4.50. The number of pyridine rings is 1. The lowest BCUT2D eigenvalue weighted by Gasteiger charge is -2.38. The molecule has 5 aromatic rings. The van der Waals surface area contributed by atoms with Crippen molar-refractivity contribution in [2.24, 2.45) is 0 Å². The molecule has 0 bridgehead atoms. The number of aromatic nitrogens is 3. The lowest BCUT2D eigenvalue weighted by atomic mass is 9.86. The molecule has 53 heavy (non-hydrogen) atoms. The summed E-state index contributed by atoms with van der Waals surface area (Å²) >= 11 is 5.55. The van der Waals surface area contributed by atoms with E-state index in [-0.39, 0.29) is 23.5 Å². The summed E-state index contributed by atoms with van der Waals surface area (Å²) in [6.07, 6.45) is -1.39. The van der Waals surface area contributed by atoms with Gasteiger partial charge in [0, 0.05) is 51.2 Å². The van der Waals surface area contributed by atoms with Crippen LogP contribution in [0.25, 0.3) is 11.0 Å². The van der Waals surface area contributed by atoms with E-state index in [4.69, 9.17) is 21.7 Å². The number of hydrogen-bond acceptors (Lipinski definition) is 6. The summed E-state index contributed by atoms with van der Waals surface area (Å²) in [6.45, 7) is 18.5. The fourth-order valence-electron chi connectivity index (χ4n) is 6.51. The van der Waals surface area contributed by atoms with Gasteiger partial charge in [0.1, 0.15) is 5.52 Å². The largest absolute Gasteiger partial charge is 0.416 e. The van der Waals surface area contributed by atoms with Crippen LogP contribution in [0.3, 0.4) is 0 Å². The van der Waals surface area contributed by atoms with E-state index in [0.29, 0.717) is 40.8 Å². The molecule has 1 aliphatic rings. The van der Waals surface area contributed by atoms with E-state index in [1.165, 1.54) is 29.5 Å². The topological polar surface area (TPSA) is 71.5 Å². The number of likely N-dealkylation sites (N-methyl/N-ethyl adjacent to an activating group) is 1. The Hall–Kier alpha value is -4.12. The van der Waals surface area contributed by atoms with Crippen molar-refractivity contribution in [3.63, 3.8) is 0 Å². The predicted molar refractivity (Wildman–Crippen MR) is 211 cm³/mol. The zero-order valence-electron chi connectivity index (χ0n) is 32.0. The molecule has 3 aromatic carbocycles. The second kappa shape index (κ2) is 16.1. The number of halogens is 4. The first kappa shape index (κ1) is 40.1. The Kier molecular flexibility index (Phi) is 12.2. The zero-order chi connectivity index (χ0) is 38.7. The third-order valence-electron chi connectivity index (χ3n) is 9.66. The van der Waals surface area contributed by atoms with Crippen molar-refractivity contribution in [3.8, 4) is 0 Å². The number of imidazole rings is 1. The van der Waals surface area contributed by atoms with E-state index in [1.54, 1.807) is 12.3 Å². The number of alkyl halides is 3. The van der Waals surface area contributed by atoms with E-state index in [9.17, 15) is 13.2 Å². The molecule has 0 saturated carbocycles. The van der Waals surface area contributed by atoms with Gasteiger partial charge in [-0.05, 0) is 70.8 Å². The summed E-state index contributed by atoms with van der Waals surface area (Å²) in [4.78, 5) is 18.5. The van der Waals surface area contributed by atoms with Gasteiger partial charge >= 0.3 is 6.18 Å². The fraction of sp³-hybridized carbons (Fsp3) is 0.429. The molecule has 1 atom stereocenters. The van der Waals surface area contributed by atoms with Crippen LogP contribution in [-0.4, -0.2) is 57.7 Å². The molecule has 2 N–H and O–H groups in total. The normalized spacial score (nSPS) is 15.7. The summed E-state index contributed by atoms with van der Waals surface area (Å²) < 4.78 is 43.0. The van der Waals surface area contributed by atoms with Crippen molar-refractivity contribution < 1.29 is 18.3 Å². The number of nitrogens with zero attached hydrogens (tertiary/aromatic N) is 5. The number of aliphatic hydroxyl groups excluding tert-OH is 1. The summed E-state index contributed by atoms with van der Waals surface area (Å²) in [6, 6.07) is 21.1. The molecule has 284 valence electrons. The van der Waals surface area contributed by atoms with Crippen molar-refractivity contribution in [1.29, 1.82) is 0 Å². The van der Waals surface area contributed by atoms with Gasteiger partial charge in [-0.15, -0.1) is 0 Å². The number of nitrogens with one attached hydrogen (secondary N) is 1. The smallest absolute Gasteiger partial charge is 0.392 e. The Balaban J connectivity index is 0.000000526. The number of aromatic amines is 1. The van der Waals surface area contributed by atoms with E-state index in [0.717, 1.165) is 36.3 Å². The second-order valence-corrected chi connectivity index (χ2v) is 16.6. The van der Waals surface area contributed by atoms with Gasteiger partial charge in [0.05, 0.1) is 28.4 Å². The summed E-state index contributed by atoms with van der Waals surface area (Å²) in [7, 11) is 2.08. The highest BCUT2D eigenvalue weighted by atomic mass is 35.5. The number of hydrogen-bond donors (Lipinski definition) is 2. The van der Waals surface area contributed by atoms with Gasteiger partial charge in [0.15, 0.2) is 0 Å². The molecular weight excluding hydrogens is 697 g/mol. The molecule has 1 fully saturated rings. The highest BCUT2D eigenvalue weighted by Gasteiger charge is 2.34. The molecule has 11 heteroatoms. The van der Waals surface area contributed by atoms with E-state index in [1.807, 2.05) is 4.90 Å². The number of aliphatic hydroxyl groups is 1. The van der Waals surface area contributed by atoms with Crippen molar-refractivity contribution >= 4 is 34.3 Å². The maximum absolute atomic E-state index is 14.3. The molecule has 1 unspecified atom stereocenters. The van der Waals surface area contributed by atoms with Crippen LogP contribution < -0.4 is 9.80 Å². The first-order chi connectivity index (χ1) is 24.8. The lowest BCUT2D eigenvalue weighted by molar-refractivity contribution is -0.137. The van der Waals surface area contributed by atoms with Crippen molar-refractivity contribution in [3.05, 3.63) is 118 Å². The third kappa shape index (κ3) is 10.3. The Morgan fingerprint density at radius 1 is 0.811 bits per heavy atom. The van der Waals surface area contributed by atoms with Gasteiger partial charge in [-0.3, -0.25) is 4.98 Å². The minimum Gasteiger partial charge on any atom is -0.392 e. The molecule has 0 aliphatic carbocycles. The highest BCUT2D eigenvalue weighted by molar-refractivity contribution is 6.30. The van der Waals surface area contributed by atoms with Crippen molar-refractivity contribution in [1.82, 2.24) is 19.9 Å². The van der Waals surface area contributed by atoms with Gasteiger partial charge in [-0.25, -0.2) is 4.98 Å². The van der Waals surface area contributed by atoms with Crippen LogP contribution >= 0.6 is 11.6 Å². The maximum Gasteiger partial charge on any atom is 0.416 e. The molecule has 1 saturated heterocycles. The maximum atomic E-state index is 14.3. The summed E-state index contributed by atoms with van der Waals surface area (Å²) in [5, 5.41) is 9.12. The molecule has 7 nitrogen and oxygen atoms in total. The Labute approximate surface area is 316 Å². The Morgan fingerprint density at radius 2 is 1.38 bits per heavy atom. The van der Waals surface area contributed by atoms with E-state index in [2.05, 4.69) is 124 Å². The average molecular weight is 749 g/mol. The van der Waals surface area contributed by atoms with Crippen LogP contribution in [0.2, 0.25) is 5.02 Å². The van der Waals surface area contributed by atoms with Gasteiger partial charge in [-0.1, -0.05) is 102 Å². The Morgan fingerprint density at radius 3 is 1.83 bits per heavy atom. The van der Waals surface area contributed by atoms with Crippen LogP contribution in [0.15, 0.2) is 79.1 Å². The van der Waals surface area contributed by atoms with Crippen LogP contribution in [0.1, 0.15) is 81.8 Å². The Bertz CT molecular complexity index is 1900. The predicted octanol–water partition coefficient (Wildman–Crippen LogP) is 9.75. The molecule has 1 aliphatic heterocycles. The number of anilines is 2. The van der Waals surface area contributed by atoms with Crippen LogP contribution in [0.5, 0.6) is 0 Å². The van der Waals surface area contributed by atoms with Gasteiger partial charge in [0.2, 0.25) is 5.95 Å². The number of fused-ring (bicyclic) bond motifs is 1. The quantitative estimate of drug-likeness (QED) is 0.173. The van der Waals surface area contributed by atoms with E-state index < -0.39 is 11.7 Å². The molecule has 0 radical (unpaired) electrons. The standard InChI is InChI=1S/C36H46F3N5.C6H6ClNO/c1-24-21-42(8)17-18-44(24)33-40-30-19-29(36(37,38)39)20-31(32(30)41-33)43(22-25-9-13-27(14-10-25)34(2,3)4)23-26-11-15-28(16-12-26)35(5,6)7;7-6-1-5(4-9)2-8-3-6/h9-16,19-20,24H,17-18,21-23H2,1-8H3,(H,40,41);1-3,9H,4H2. The fourth-order valence-corrected chi connectivity index (χ4v) is 6.71. The van der Waals surface area contributed by atoms with E-state index >= 15 is 0 Å². The molecule has 2 aromatic heterocycles. The van der Waals surface area contributed by atoms with Crippen LogP contribution in [0, 0.1) is 0 Å². The highest BCUT2D eigenvalue weighted by Crippen LogP contribution is 2.38. The third-order valence-corrected chi connectivity index (χ3v) is 9.86. The lowest BCUT2D eigenvalue weighted by Crippen LogP contribution is -2.50.